The lowest BCUT2D eigenvalue weighted by Gasteiger charge is -2.13. The molecule has 0 spiro atoms. The van der Waals surface area contributed by atoms with Gasteiger partial charge in [-0.05, 0) is 59.1 Å². The van der Waals surface area contributed by atoms with Gasteiger partial charge in [0.05, 0.1) is 15.6 Å². The van der Waals surface area contributed by atoms with Crippen molar-refractivity contribution in [1.82, 2.24) is 4.90 Å². The van der Waals surface area contributed by atoms with Crippen LogP contribution in [0.5, 0.6) is 5.75 Å². The van der Waals surface area contributed by atoms with Gasteiger partial charge < -0.3 is 4.74 Å². The van der Waals surface area contributed by atoms with Gasteiger partial charge in [-0.2, -0.15) is 0 Å². The van der Waals surface area contributed by atoms with Gasteiger partial charge in [0.15, 0.2) is 0 Å². The SMILES string of the molecule is Cc1ccc(OC(=O)CCCN2C(=O)c3ccccc3C2=O)c(Br)c1. The van der Waals surface area contributed by atoms with E-state index in [1.54, 1.807) is 30.3 Å². The minimum Gasteiger partial charge on any atom is -0.425 e. The monoisotopic (exact) mass is 401 g/mol. The van der Waals surface area contributed by atoms with Crippen LogP contribution >= 0.6 is 15.9 Å². The van der Waals surface area contributed by atoms with Gasteiger partial charge in [0, 0.05) is 13.0 Å². The molecule has 0 saturated heterocycles. The Hall–Kier alpha value is -2.47. The van der Waals surface area contributed by atoms with Gasteiger partial charge in [0.2, 0.25) is 0 Å². The Balaban J connectivity index is 1.54. The van der Waals surface area contributed by atoms with Crippen molar-refractivity contribution in [2.45, 2.75) is 19.8 Å². The van der Waals surface area contributed by atoms with E-state index in [0.29, 0.717) is 27.8 Å². The first-order chi connectivity index (χ1) is 12.0. The van der Waals surface area contributed by atoms with Crippen LogP contribution in [0, 0.1) is 6.92 Å². The number of carbonyl (C=O) groups excluding carboxylic acids is 3. The number of carbonyl (C=O) groups is 3. The zero-order chi connectivity index (χ0) is 18.0. The standard InChI is InChI=1S/C19H16BrNO4/c1-12-8-9-16(15(20)11-12)25-17(22)7-4-10-21-18(23)13-5-2-3-6-14(13)19(21)24/h2-3,5-6,8-9,11H,4,7,10H2,1H3. The molecule has 128 valence electrons. The molecule has 5 nitrogen and oxygen atoms in total. The molecule has 2 aromatic carbocycles. The maximum atomic E-state index is 12.2. The van der Waals surface area contributed by atoms with Crippen LogP contribution < -0.4 is 4.74 Å². The molecule has 1 aliphatic rings. The summed E-state index contributed by atoms with van der Waals surface area (Å²) in [7, 11) is 0. The average molecular weight is 402 g/mol. The van der Waals surface area contributed by atoms with E-state index in [9.17, 15) is 14.4 Å². The van der Waals surface area contributed by atoms with Gasteiger partial charge in [0.1, 0.15) is 5.75 Å². The van der Waals surface area contributed by atoms with Crippen molar-refractivity contribution in [2.75, 3.05) is 6.54 Å². The summed E-state index contributed by atoms with van der Waals surface area (Å²) in [5.41, 5.74) is 1.88. The van der Waals surface area contributed by atoms with Crippen molar-refractivity contribution >= 4 is 33.7 Å². The smallest absolute Gasteiger partial charge is 0.311 e. The van der Waals surface area contributed by atoms with Crippen molar-refractivity contribution in [1.29, 1.82) is 0 Å². The summed E-state index contributed by atoms with van der Waals surface area (Å²) in [6, 6.07) is 12.2. The van der Waals surface area contributed by atoms with E-state index in [2.05, 4.69) is 15.9 Å². The molecule has 0 saturated carbocycles. The van der Waals surface area contributed by atoms with Gasteiger partial charge in [-0.3, -0.25) is 19.3 Å². The van der Waals surface area contributed by atoms with E-state index >= 15 is 0 Å². The fourth-order valence-electron chi connectivity index (χ4n) is 2.69. The maximum absolute atomic E-state index is 12.2. The molecule has 0 aliphatic carbocycles. The number of nitrogens with zero attached hydrogens (tertiary/aromatic N) is 1. The molecule has 1 aliphatic heterocycles. The van der Waals surface area contributed by atoms with Crippen LogP contribution in [0.2, 0.25) is 0 Å². The summed E-state index contributed by atoms with van der Waals surface area (Å²) in [5.74, 6) is -0.567. The highest BCUT2D eigenvalue weighted by Crippen LogP contribution is 2.26. The molecule has 2 amide bonds. The second kappa shape index (κ2) is 7.19. The Bertz CT molecular complexity index is 827. The highest BCUT2D eigenvalue weighted by atomic mass is 79.9. The summed E-state index contributed by atoms with van der Waals surface area (Å²) in [4.78, 5) is 37.6. The molecule has 0 N–H and O–H groups in total. The topological polar surface area (TPSA) is 63.7 Å². The lowest BCUT2D eigenvalue weighted by Crippen LogP contribution is -2.31. The van der Waals surface area contributed by atoms with Crippen molar-refractivity contribution in [3.63, 3.8) is 0 Å². The molecular formula is C19H16BrNO4. The first kappa shape index (κ1) is 17.4. The molecular weight excluding hydrogens is 386 g/mol. The molecule has 25 heavy (non-hydrogen) atoms. The zero-order valence-corrected chi connectivity index (χ0v) is 15.2. The molecule has 0 radical (unpaired) electrons. The quantitative estimate of drug-likeness (QED) is 0.434. The Morgan fingerprint density at radius 3 is 2.32 bits per heavy atom. The molecule has 1 heterocycles. The predicted molar refractivity (Wildman–Crippen MR) is 95.6 cm³/mol. The molecule has 0 unspecified atom stereocenters. The van der Waals surface area contributed by atoms with Gasteiger partial charge in [-0.15, -0.1) is 0 Å². The molecule has 2 aromatic rings. The normalized spacial score (nSPS) is 13.1. The third-order valence-electron chi connectivity index (χ3n) is 3.95. The minimum absolute atomic E-state index is 0.119. The van der Waals surface area contributed by atoms with E-state index in [1.807, 2.05) is 19.1 Å². The number of imide groups is 1. The number of benzene rings is 2. The molecule has 6 heteroatoms. The van der Waals surface area contributed by atoms with Gasteiger partial charge in [-0.1, -0.05) is 18.2 Å². The summed E-state index contributed by atoms with van der Waals surface area (Å²) in [6.45, 7) is 2.13. The first-order valence-electron chi connectivity index (χ1n) is 7.89. The predicted octanol–water partition coefficient (Wildman–Crippen LogP) is 3.74. The molecule has 0 aromatic heterocycles. The maximum Gasteiger partial charge on any atom is 0.311 e. The third-order valence-corrected chi connectivity index (χ3v) is 4.57. The van der Waals surface area contributed by atoms with Crippen LogP contribution in [0.15, 0.2) is 46.9 Å². The van der Waals surface area contributed by atoms with E-state index < -0.39 is 5.97 Å². The van der Waals surface area contributed by atoms with Gasteiger partial charge in [-0.25, -0.2) is 0 Å². The second-order valence-corrected chi connectivity index (χ2v) is 6.67. The number of fused-ring (bicyclic) bond motifs is 1. The lowest BCUT2D eigenvalue weighted by atomic mass is 10.1. The number of esters is 1. The van der Waals surface area contributed by atoms with Crippen molar-refractivity contribution in [2.24, 2.45) is 0 Å². The summed E-state index contributed by atoms with van der Waals surface area (Å²) < 4.78 is 6.02. The molecule has 0 atom stereocenters. The van der Waals surface area contributed by atoms with Gasteiger partial charge in [0.25, 0.3) is 11.8 Å². The largest absolute Gasteiger partial charge is 0.425 e. The molecule has 0 bridgehead atoms. The van der Waals surface area contributed by atoms with Crippen LogP contribution in [0.4, 0.5) is 0 Å². The van der Waals surface area contributed by atoms with Crippen LogP contribution in [0.25, 0.3) is 0 Å². The number of hydrogen-bond acceptors (Lipinski definition) is 4. The van der Waals surface area contributed by atoms with Crippen LogP contribution in [0.3, 0.4) is 0 Å². The second-order valence-electron chi connectivity index (χ2n) is 5.82. The lowest BCUT2D eigenvalue weighted by molar-refractivity contribution is -0.134. The average Bonchev–Trinajstić information content (AvgIpc) is 2.83. The first-order valence-corrected chi connectivity index (χ1v) is 8.68. The van der Waals surface area contributed by atoms with Gasteiger partial charge >= 0.3 is 5.97 Å². The third kappa shape index (κ3) is 3.64. The Morgan fingerprint density at radius 2 is 1.72 bits per heavy atom. The number of aryl methyl sites for hydroxylation is 1. The van der Waals surface area contributed by atoms with Crippen LogP contribution in [-0.2, 0) is 4.79 Å². The fourth-order valence-corrected chi connectivity index (χ4v) is 3.26. The van der Waals surface area contributed by atoms with Crippen LogP contribution in [-0.4, -0.2) is 29.2 Å². The Labute approximate surface area is 153 Å². The number of hydrogen-bond donors (Lipinski definition) is 0. The van der Waals surface area contributed by atoms with Crippen LogP contribution in [0.1, 0.15) is 39.1 Å². The summed E-state index contributed by atoms with van der Waals surface area (Å²) >= 11 is 3.36. The number of rotatable bonds is 5. The van der Waals surface area contributed by atoms with Crippen molar-refractivity contribution < 1.29 is 19.1 Å². The zero-order valence-electron chi connectivity index (χ0n) is 13.6. The highest BCUT2D eigenvalue weighted by Gasteiger charge is 2.34. The van der Waals surface area contributed by atoms with E-state index in [4.69, 9.17) is 4.74 Å². The summed E-state index contributed by atoms with van der Waals surface area (Å²) in [5, 5.41) is 0. The van der Waals surface area contributed by atoms with Crippen molar-refractivity contribution in [3.05, 3.63) is 63.6 Å². The molecule has 0 fully saturated rings. The number of halogens is 1. The highest BCUT2D eigenvalue weighted by molar-refractivity contribution is 9.10. The Morgan fingerprint density at radius 1 is 1.08 bits per heavy atom. The minimum atomic E-state index is -0.402. The molecule has 3 rings (SSSR count). The van der Waals surface area contributed by atoms with E-state index in [0.717, 1.165) is 5.56 Å². The summed E-state index contributed by atoms with van der Waals surface area (Å²) in [6.07, 6.45) is 0.474. The Kier molecular flexibility index (Phi) is 4.99. The van der Waals surface area contributed by atoms with Crippen molar-refractivity contribution in [3.8, 4) is 5.75 Å². The number of ether oxygens (including phenoxy) is 1. The number of amides is 2. The van der Waals surface area contributed by atoms with E-state index in [1.165, 1.54) is 4.90 Å². The van der Waals surface area contributed by atoms with E-state index in [-0.39, 0.29) is 24.8 Å². The fraction of sp³-hybridized carbons (Fsp3) is 0.211.